The molecule has 0 aliphatic heterocycles. The van der Waals surface area contributed by atoms with Crippen LogP contribution in [0, 0.1) is 11.6 Å². The molecule has 0 saturated heterocycles. The van der Waals surface area contributed by atoms with Crippen LogP contribution in [-0.2, 0) is 15.6 Å². The van der Waals surface area contributed by atoms with E-state index in [1.165, 1.54) is 0 Å². The van der Waals surface area contributed by atoms with Crippen LogP contribution in [0.3, 0.4) is 0 Å². The minimum absolute atomic E-state index is 0.166. The van der Waals surface area contributed by atoms with Gasteiger partial charge < -0.3 is 5.73 Å². The zero-order valence-corrected chi connectivity index (χ0v) is 9.60. The fraction of sp³-hybridized carbons (Fsp3) is 0.400. The summed E-state index contributed by atoms with van der Waals surface area (Å²) in [5, 5.41) is 0. The molecule has 1 atom stereocenters. The molecule has 0 bridgehead atoms. The smallest absolute Gasteiger partial charge is 0.156 e. The Hall–Kier alpha value is -1.01. The summed E-state index contributed by atoms with van der Waals surface area (Å²) in [5.74, 6) is -2.16. The molecule has 0 radical (unpaired) electrons. The second-order valence-corrected chi connectivity index (χ2v) is 5.88. The topological polar surface area (TPSA) is 60.2 Å². The molecule has 6 heteroatoms. The molecule has 1 aromatic rings. The van der Waals surface area contributed by atoms with Crippen molar-refractivity contribution in [2.24, 2.45) is 5.73 Å². The van der Waals surface area contributed by atoms with Crippen molar-refractivity contribution in [3.8, 4) is 0 Å². The number of sulfone groups is 1. The Morgan fingerprint density at radius 3 is 2.56 bits per heavy atom. The van der Waals surface area contributed by atoms with Gasteiger partial charge in [0.05, 0.1) is 11.5 Å². The van der Waals surface area contributed by atoms with Crippen LogP contribution in [0.4, 0.5) is 8.78 Å². The van der Waals surface area contributed by atoms with E-state index in [0.29, 0.717) is 0 Å². The quantitative estimate of drug-likeness (QED) is 0.873. The lowest BCUT2D eigenvalue weighted by atomic mass is 10.2. The van der Waals surface area contributed by atoms with Gasteiger partial charge in [0.25, 0.3) is 0 Å². The fourth-order valence-electron chi connectivity index (χ4n) is 1.35. The molecule has 0 amide bonds. The van der Waals surface area contributed by atoms with Gasteiger partial charge in [0.2, 0.25) is 0 Å². The number of benzene rings is 1. The summed E-state index contributed by atoms with van der Waals surface area (Å²) in [5.41, 5.74) is 5.19. The van der Waals surface area contributed by atoms with Crippen LogP contribution >= 0.6 is 0 Å². The minimum atomic E-state index is -3.50. The van der Waals surface area contributed by atoms with Crippen molar-refractivity contribution in [3.63, 3.8) is 0 Å². The Bertz CT molecular complexity index is 472. The third kappa shape index (κ3) is 3.86. The predicted molar refractivity (Wildman–Crippen MR) is 57.5 cm³/mol. The second kappa shape index (κ2) is 4.88. The Morgan fingerprint density at radius 1 is 1.38 bits per heavy atom. The summed E-state index contributed by atoms with van der Waals surface area (Å²) in [6, 6.07) is 2.21. The Labute approximate surface area is 93.2 Å². The third-order valence-electron chi connectivity index (χ3n) is 1.90. The number of nitrogens with two attached hydrogens (primary N) is 1. The second-order valence-electron chi connectivity index (χ2n) is 3.77. The molecule has 0 saturated carbocycles. The largest absolute Gasteiger partial charge is 0.327 e. The first-order valence-corrected chi connectivity index (χ1v) is 6.52. The van der Waals surface area contributed by atoms with E-state index in [1.807, 2.05) is 0 Å². The normalized spacial score (nSPS) is 13.8. The number of hydrogen-bond donors (Lipinski definition) is 1. The van der Waals surface area contributed by atoms with Crippen LogP contribution in [0.25, 0.3) is 0 Å². The maximum Gasteiger partial charge on any atom is 0.156 e. The molecule has 0 spiro atoms. The summed E-state index contributed by atoms with van der Waals surface area (Å²) in [7, 11) is -3.50. The standard InChI is InChI=1S/C10H13F2NO2S/c1-7(13)5-16(14,15)6-8-4-9(11)2-3-10(8)12/h2-4,7H,5-6,13H2,1H3. The Morgan fingerprint density at radius 2 is 2.00 bits per heavy atom. The monoisotopic (exact) mass is 249 g/mol. The highest BCUT2D eigenvalue weighted by Gasteiger charge is 2.17. The van der Waals surface area contributed by atoms with E-state index in [4.69, 9.17) is 5.73 Å². The molecule has 16 heavy (non-hydrogen) atoms. The van der Waals surface area contributed by atoms with Gasteiger partial charge in [-0.25, -0.2) is 17.2 Å². The highest BCUT2D eigenvalue weighted by molar-refractivity contribution is 7.90. The maximum atomic E-state index is 13.2. The Kier molecular flexibility index (Phi) is 3.98. The molecule has 90 valence electrons. The first-order valence-electron chi connectivity index (χ1n) is 4.70. The van der Waals surface area contributed by atoms with Gasteiger partial charge in [0, 0.05) is 11.6 Å². The molecular weight excluding hydrogens is 236 g/mol. The molecule has 2 N–H and O–H groups in total. The lowest BCUT2D eigenvalue weighted by Crippen LogP contribution is -2.27. The molecule has 0 aliphatic rings. The fourth-order valence-corrected chi connectivity index (χ4v) is 2.96. The first kappa shape index (κ1) is 13.1. The number of rotatable bonds is 4. The van der Waals surface area contributed by atoms with Gasteiger partial charge in [-0.05, 0) is 25.1 Å². The molecule has 1 unspecified atom stereocenters. The molecule has 0 aliphatic carbocycles. The Balaban J connectivity index is 2.92. The SMILES string of the molecule is CC(N)CS(=O)(=O)Cc1cc(F)ccc1F. The summed E-state index contributed by atoms with van der Waals surface area (Å²) >= 11 is 0. The molecule has 0 heterocycles. The first-order chi connectivity index (χ1) is 7.30. The highest BCUT2D eigenvalue weighted by Crippen LogP contribution is 2.13. The molecule has 3 nitrogen and oxygen atoms in total. The highest BCUT2D eigenvalue weighted by atomic mass is 32.2. The summed E-state index contributed by atoms with van der Waals surface area (Å²) in [4.78, 5) is 0. The van der Waals surface area contributed by atoms with E-state index in [-0.39, 0.29) is 11.3 Å². The van der Waals surface area contributed by atoms with Crippen LogP contribution in [0.15, 0.2) is 18.2 Å². The molecule has 1 aromatic carbocycles. The van der Waals surface area contributed by atoms with Crippen molar-refractivity contribution in [1.82, 2.24) is 0 Å². The van der Waals surface area contributed by atoms with E-state index in [0.717, 1.165) is 18.2 Å². The average molecular weight is 249 g/mol. The van der Waals surface area contributed by atoms with Gasteiger partial charge in [-0.3, -0.25) is 0 Å². The zero-order chi connectivity index (χ0) is 12.3. The van der Waals surface area contributed by atoms with E-state index >= 15 is 0 Å². The van der Waals surface area contributed by atoms with Crippen molar-refractivity contribution in [1.29, 1.82) is 0 Å². The number of halogens is 2. The van der Waals surface area contributed by atoms with E-state index in [1.54, 1.807) is 6.92 Å². The summed E-state index contributed by atoms with van der Waals surface area (Å²) in [6.45, 7) is 1.54. The van der Waals surface area contributed by atoms with Crippen LogP contribution in [0.5, 0.6) is 0 Å². The lowest BCUT2D eigenvalue weighted by Gasteiger charge is -2.07. The van der Waals surface area contributed by atoms with Gasteiger partial charge in [-0.15, -0.1) is 0 Å². The van der Waals surface area contributed by atoms with Crippen LogP contribution in [0.1, 0.15) is 12.5 Å². The van der Waals surface area contributed by atoms with Gasteiger partial charge >= 0.3 is 0 Å². The van der Waals surface area contributed by atoms with Gasteiger partial charge in [-0.1, -0.05) is 0 Å². The average Bonchev–Trinajstić information content (AvgIpc) is 2.08. The van der Waals surface area contributed by atoms with Gasteiger partial charge in [-0.2, -0.15) is 0 Å². The van der Waals surface area contributed by atoms with Gasteiger partial charge in [0.1, 0.15) is 11.6 Å². The summed E-state index contributed by atoms with van der Waals surface area (Å²) in [6.07, 6.45) is 0. The number of hydrogen-bond acceptors (Lipinski definition) is 3. The lowest BCUT2D eigenvalue weighted by molar-refractivity contribution is 0.575. The van der Waals surface area contributed by atoms with Crippen LogP contribution < -0.4 is 5.73 Å². The zero-order valence-electron chi connectivity index (χ0n) is 8.78. The molecule has 0 aromatic heterocycles. The van der Waals surface area contributed by atoms with E-state index in [2.05, 4.69) is 0 Å². The summed E-state index contributed by atoms with van der Waals surface area (Å²) < 4.78 is 49.0. The minimum Gasteiger partial charge on any atom is -0.327 e. The third-order valence-corrected chi connectivity index (χ3v) is 3.68. The molecule has 0 fully saturated rings. The van der Waals surface area contributed by atoms with E-state index in [9.17, 15) is 17.2 Å². The van der Waals surface area contributed by atoms with Gasteiger partial charge in [0.15, 0.2) is 9.84 Å². The van der Waals surface area contributed by atoms with Crippen molar-refractivity contribution in [2.45, 2.75) is 18.7 Å². The van der Waals surface area contributed by atoms with Crippen molar-refractivity contribution < 1.29 is 17.2 Å². The van der Waals surface area contributed by atoms with Crippen LogP contribution in [-0.4, -0.2) is 20.2 Å². The van der Waals surface area contributed by atoms with Crippen molar-refractivity contribution in [2.75, 3.05) is 5.75 Å². The maximum absolute atomic E-state index is 13.2. The predicted octanol–water partition coefficient (Wildman–Crippen LogP) is 1.23. The van der Waals surface area contributed by atoms with Crippen molar-refractivity contribution >= 4 is 9.84 Å². The molecule has 1 rings (SSSR count). The van der Waals surface area contributed by atoms with Crippen molar-refractivity contribution in [3.05, 3.63) is 35.4 Å². The van der Waals surface area contributed by atoms with E-state index < -0.39 is 33.3 Å². The van der Waals surface area contributed by atoms with Crippen LogP contribution in [0.2, 0.25) is 0 Å². The molecular formula is C10H13F2NO2S.